The fourth-order valence-electron chi connectivity index (χ4n) is 2.47. The van der Waals surface area contributed by atoms with Gasteiger partial charge in [0.05, 0.1) is 27.7 Å². The molecule has 9 nitrogen and oxygen atoms in total. The van der Waals surface area contributed by atoms with Crippen LogP contribution in [0, 0.1) is 20.2 Å². The molecule has 0 aliphatic heterocycles. The summed E-state index contributed by atoms with van der Waals surface area (Å²) in [6, 6.07) is 10.7. The van der Waals surface area contributed by atoms with Gasteiger partial charge in [0.15, 0.2) is 0 Å². The Labute approximate surface area is 167 Å². The second kappa shape index (κ2) is 9.36. The Kier molecular flexibility index (Phi) is 6.91. The number of nitrogens with one attached hydrogen (secondary N) is 1. The Hall–Kier alpha value is -3.88. The van der Waals surface area contributed by atoms with Gasteiger partial charge in [0.2, 0.25) is 0 Å². The maximum Gasteiger partial charge on any atom is 0.277 e. The molecule has 0 saturated carbocycles. The van der Waals surface area contributed by atoms with Crippen LogP contribution in [0.4, 0.5) is 11.4 Å². The van der Waals surface area contributed by atoms with E-state index in [9.17, 15) is 25.0 Å². The van der Waals surface area contributed by atoms with Crippen LogP contribution in [0.15, 0.2) is 53.1 Å². The van der Waals surface area contributed by atoms with Crippen LogP contribution < -0.4 is 5.43 Å². The fraction of sp³-hybridized carbons (Fsp3) is 0.200. The number of carbonyl (C=O) groups excluding carboxylic acids is 1. The minimum Gasteiger partial charge on any atom is -0.267 e. The van der Waals surface area contributed by atoms with Crippen molar-refractivity contribution in [2.75, 3.05) is 0 Å². The molecule has 1 N–H and O–H groups in total. The number of nitro groups is 2. The molecule has 0 saturated heterocycles. The first kappa shape index (κ1) is 21.4. The maximum absolute atomic E-state index is 12.1. The number of amides is 1. The first-order chi connectivity index (χ1) is 13.7. The standard InChI is InChI=1S/C20H20N4O5/c1-13(2)16-6-4-15(5-7-16)8-14(3)12-21-22-20(25)17-9-18(23(26)27)11-19(10-17)24(28)29/h4-13H,1-3H3,(H,22,25)/b14-8-,21-12?. The molecule has 150 valence electrons. The number of hydrogen-bond acceptors (Lipinski definition) is 6. The number of hydrazone groups is 1. The Morgan fingerprint density at radius 2 is 1.59 bits per heavy atom. The molecular formula is C20H20N4O5. The molecule has 9 heteroatoms. The van der Waals surface area contributed by atoms with E-state index in [1.807, 2.05) is 30.3 Å². The third-order valence-electron chi connectivity index (χ3n) is 4.02. The van der Waals surface area contributed by atoms with Gasteiger partial charge in [-0.05, 0) is 29.5 Å². The highest BCUT2D eigenvalue weighted by atomic mass is 16.6. The van der Waals surface area contributed by atoms with Crippen LogP contribution in [-0.2, 0) is 0 Å². The molecular weight excluding hydrogens is 376 g/mol. The molecule has 1 amide bonds. The number of non-ortho nitro benzene ring substituents is 2. The van der Waals surface area contributed by atoms with Crippen molar-refractivity contribution in [3.63, 3.8) is 0 Å². The Bertz CT molecular complexity index is 962. The van der Waals surface area contributed by atoms with Crippen molar-refractivity contribution in [2.24, 2.45) is 5.10 Å². The third kappa shape index (κ3) is 6.06. The van der Waals surface area contributed by atoms with Gasteiger partial charge in [0, 0.05) is 12.1 Å². The number of hydrogen-bond donors (Lipinski definition) is 1. The minimum atomic E-state index is -0.801. The van der Waals surface area contributed by atoms with Crippen molar-refractivity contribution in [3.05, 3.63) is 85.0 Å². The first-order valence-corrected chi connectivity index (χ1v) is 8.73. The van der Waals surface area contributed by atoms with E-state index in [4.69, 9.17) is 0 Å². The number of nitro benzene ring substituents is 2. The molecule has 0 aliphatic rings. The summed E-state index contributed by atoms with van der Waals surface area (Å²) in [6.45, 7) is 6.02. The van der Waals surface area contributed by atoms with Crippen LogP contribution in [0.2, 0.25) is 0 Å². The molecule has 0 aliphatic carbocycles. The molecule has 0 aromatic heterocycles. The predicted octanol–water partition coefficient (Wildman–Crippen LogP) is 4.45. The number of allylic oxidation sites excluding steroid dienone is 1. The van der Waals surface area contributed by atoms with Crippen LogP contribution in [-0.4, -0.2) is 22.0 Å². The summed E-state index contributed by atoms with van der Waals surface area (Å²) in [5.74, 6) is -0.349. The van der Waals surface area contributed by atoms with Gasteiger partial charge >= 0.3 is 0 Å². The van der Waals surface area contributed by atoms with Crippen molar-refractivity contribution in [2.45, 2.75) is 26.7 Å². The molecule has 0 unspecified atom stereocenters. The maximum atomic E-state index is 12.1. The van der Waals surface area contributed by atoms with Gasteiger partial charge < -0.3 is 0 Å². The van der Waals surface area contributed by atoms with Crippen LogP contribution in [0.3, 0.4) is 0 Å². The van der Waals surface area contributed by atoms with Crippen LogP contribution in [0.25, 0.3) is 6.08 Å². The van der Waals surface area contributed by atoms with Gasteiger partial charge in [0.25, 0.3) is 17.3 Å². The summed E-state index contributed by atoms with van der Waals surface area (Å²) in [5, 5.41) is 25.6. The number of nitrogens with zero attached hydrogens (tertiary/aromatic N) is 3. The summed E-state index contributed by atoms with van der Waals surface area (Å²) in [7, 11) is 0. The average molecular weight is 396 g/mol. The molecule has 0 atom stereocenters. The van der Waals surface area contributed by atoms with Crippen molar-refractivity contribution >= 4 is 29.6 Å². The molecule has 0 bridgehead atoms. The van der Waals surface area contributed by atoms with E-state index in [1.165, 1.54) is 11.8 Å². The van der Waals surface area contributed by atoms with Gasteiger partial charge in [-0.3, -0.25) is 25.0 Å². The lowest BCUT2D eigenvalue weighted by Gasteiger charge is -2.05. The highest BCUT2D eigenvalue weighted by Gasteiger charge is 2.19. The summed E-state index contributed by atoms with van der Waals surface area (Å²) in [5.41, 5.74) is 3.85. The van der Waals surface area contributed by atoms with E-state index in [0.717, 1.165) is 29.3 Å². The van der Waals surface area contributed by atoms with E-state index in [1.54, 1.807) is 6.92 Å². The Balaban J connectivity index is 2.10. The van der Waals surface area contributed by atoms with Gasteiger partial charge in [-0.25, -0.2) is 5.43 Å². The monoisotopic (exact) mass is 396 g/mol. The number of rotatable bonds is 7. The molecule has 2 rings (SSSR count). The molecule has 0 spiro atoms. The average Bonchev–Trinajstić information content (AvgIpc) is 2.67. The van der Waals surface area contributed by atoms with Crippen molar-refractivity contribution in [3.8, 4) is 0 Å². The van der Waals surface area contributed by atoms with Crippen molar-refractivity contribution in [1.29, 1.82) is 0 Å². The molecule has 0 heterocycles. The van der Waals surface area contributed by atoms with Crippen molar-refractivity contribution < 1.29 is 14.6 Å². The fourth-order valence-corrected chi connectivity index (χ4v) is 2.47. The molecule has 2 aromatic rings. The van der Waals surface area contributed by atoms with E-state index >= 15 is 0 Å². The van der Waals surface area contributed by atoms with E-state index in [2.05, 4.69) is 24.4 Å². The van der Waals surface area contributed by atoms with Gasteiger partial charge in [-0.1, -0.05) is 44.2 Å². The SMILES string of the molecule is C/C(C=NNC(=O)c1cc([N+](=O)[O-])cc([N+](=O)[O-])c1)=C/c1ccc(C(C)C)cc1. The van der Waals surface area contributed by atoms with Gasteiger partial charge in [0.1, 0.15) is 0 Å². The summed E-state index contributed by atoms with van der Waals surface area (Å²) < 4.78 is 0. The summed E-state index contributed by atoms with van der Waals surface area (Å²) >= 11 is 0. The van der Waals surface area contributed by atoms with Gasteiger partial charge in [-0.2, -0.15) is 5.10 Å². The first-order valence-electron chi connectivity index (χ1n) is 8.73. The zero-order chi connectivity index (χ0) is 21.6. The normalized spacial score (nSPS) is 11.7. The molecule has 0 radical (unpaired) electrons. The smallest absolute Gasteiger partial charge is 0.267 e. The second-order valence-electron chi connectivity index (χ2n) is 6.66. The molecule has 2 aromatic carbocycles. The Morgan fingerprint density at radius 3 is 2.07 bits per heavy atom. The summed E-state index contributed by atoms with van der Waals surface area (Å²) in [6.07, 6.45) is 3.29. The molecule has 29 heavy (non-hydrogen) atoms. The zero-order valence-electron chi connectivity index (χ0n) is 16.2. The predicted molar refractivity (Wildman–Crippen MR) is 110 cm³/mol. The highest BCUT2D eigenvalue weighted by molar-refractivity contribution is 5.96. The molecule has 0 fully saturated rings. The summed E-state index contributed by atoms with van der Waals surface area (Å²) in [4.78, 5) is 32.3. The lowest BCUT2D eigenvalue weighted by Crippen LogP contribution is -2.18. The third-order valence-corrected chi connectivity index (χ3v) is 4.02. The zero-order valence-corrected chi connectivity index (χ0v) is 16.2. The van der Waals surface area contributed by atoms with E-state index in [-0.39, 0.29) is 5.56 Å². The van der Waals surface area contributed by atoms with Crippen LogP contribution >= 0.6 is 0 Å². The van der Waals surface area contributed by atoms with Crippen molar-refractivity contribution in [1.82, 2.24) is 5.43 Å². The quantitative estimate of drug-likeness (QED) is 0.420. The number of benzene rings is 2. The minimum absolute atomic E-state index is 0.228. The highest BCUT2D eigenvalue weighted by Crippen LogP contribution is 2.22. The van der Waals surface area contributed by atoms with E-state index in [0.29, 0.717) is 5.92 Å². The largest absolute Gasteiger partial charge is 0.277 e. The lowest BCUT2D eigenvalue weighted by atomic mass is 10.0. The topological polar surface area (TPSA) is 128 Å². The number of carbonyl (C=O) groups is 1. The van der Waals surface area contributed by atoms with E-state index < -0.39 is 27.1 Å². The van der Waals surface area contributed by atoms with Gasteiger partial charge in [-0.15, -0.1) is 0 Å². The Morgan fingerprint density at radius 1 is 1.03 bits per heavy atom. The lowest BCUT2D eigenvalue weighted by molar-refractivity contribution is -0.394. The van der Waals surface area contributed by atoms with Crippen LogP contribution in [0.5, 0.6) is 0 Å². The van der Waals surface area contributed by atoms with Crippen LogP contribution in [0.1, 0.15) is 48.2 Å². The second-order valence-corrected chi connectivity index (χ2v) is 6.66.